The molecule has 0 aliphatic carbocycles. The summed E-state index contributed by atoms with van der Waals surface area (Å²) in [6.07, 6.45) is 1.16. The van der Waals surface area contributed by atoms with Crippen LogP contribution in [-0.4, -0.2) is 25.5 Å². The molecule has 0 aromatic heterocycles. The highest BCUT2D eigenvalue weighted by molar-refractivity contribution is 7.92. The van der Waals surface area contributed by atoms with Crippen molar-refractivity contribution < 1.29 is 18.1 Å². The lowest BCUT2D eigenvalue weighted by Crippen LogP contribution is -2.29. The van der Waals surface area contributed by atoms with Crippen LogP contribution in [0, 0.1) is 30.9 Å². The highest BCUT2D eigenvalue weighted by atomic mass is 32.2. The van der Waals surface area contributed by atoms with Gasteiger partial charge in [0.15, 0.2) is 0 Å². The van der Waals surface area contributed by atoms with Crippen molar-refractivity contribution in [3.63, 3.8) is 0 Å². The summed E-state index contributed by atoms with van der Waals surface area (Å²) in [5.74, 6) is -0.417. The number of anilines is 2. The van der Waals surface area contributed by atoms with Gasteiger partial charge in [-0.1, -0.05) is 24.3 Å². The number of nitrogens with one attached hydrogen (secondary N) is 1. The zero-order valence-corrected chi connectivity index (χ0v) is 19.6. The average Bonchev–Trinajstić information content (AvgIpc) is 2.75. The Labute approximate surface area is 193 Å². The van der Waals surface area contributed by atoms with Crippen molar-refractivity contribution in [2.24, 2.45) is 0 Å². The smallest absolute Gasteiger partial charge is 0.271 e. The van der Waals surface area contributed by atoms with Crippen LogP contribution in [-0.2, 0) is 16.6 Å². The van der Waals surface area contributed by atoms with Crippen molar-refractivity contribution in [1.82, 2.24) is 0 Å². The van der Waals surface area contributed by atoms with E-state index >= 15 is 0 Å². The lowest BCUT2D eigenvalue weighted by molar-refractivity contribution is -0.384. The summed E-state index contributed by atoms with van der Waals surface area (Å²) >= 11 is 0. The largest absolute Gasteiger partial charge is 0.321 e. The second kappa shape index (κ2) is 9.41. The van der Waals surface area contributed by atoms with Crippen molar-refractivity contribution in [1.29, 1.82) is 0 Å². The van der Waals surface area contributed by atoms with Crippen LogP contribution in [0.4, 0.5) is 17.1 Å². The van der Waals surface area contributed by atoms with E-state index in [0.29, 0.717) is 28.1 Å². The standard InChI is InChI=1S/C24H25N3O5S/c1-16-5-11-21(13-18(16)3)26(33(4,31)32)15-19-7-9-20(10-8-19)24(28)25-23-14-22(27(29)30)12-6-17(23)2/h5-14H,15H2,1-4H3,(H,25,28). The highest BCUT2D eigenvalue weighted by Gasteiger charge is 2.19. The number of nitro groups is 1. The van der Waals surface area contributed by atoms with Crippen LogP contribution in [0.5, 0.6) is 0 Å². The number of hydrogen-bond acceptors (Lipinski definition) is 5. The lowest BCUT2D eigenvalue weighted by atomic mass is 10.1. The number of rotatable bonds is 7. The normalized spacial score (nSPS) is 11.2. The van der Waals surface area contributed by atoms with Gasteiger partial charge in [0.25, 0.3) is 11.6 Å². The third kappa shape index (κ3) is 5.75. The van der Waals surface area contributed by atoms with Gasteiger partial charge in [-0.25, -0.2) is 8.42 Å². The molecule has 0 heterocycles. The Morgan fingerprint density at radius 2 is 1.58 bits per heavy atom. The molecular formula is C24H25N3O5S. The molecule has 0 saturated carbocycles. The van der Waals surface area contributed by atoms with Gasteiger partial charge >= 0.3 is 0 Å². The van der Waals surface area contributed by atoms with Crippen molar-refractivity contribution in [3.05, 3.63) is 98.6 Å². The number of carbonyl (C=O) groups excluding carboxylic acids is 1. The zero-order chi connectivity index (χ0) is 24.3. The Morgan fingerprint density at radius 3 is 2.15 bits per heavy atom. The van der Waals surface area contributed by atoms with Gasteiger partial charge in [0.05, 0.1) is 29.1 Å². The van der Waals surface area contributed by atoms with Gasteiger partial charge in [0, 0.05) is 17.7 Å². The summed E-state index contributed by atoms with van der Waals surface area (Å²) in [5, 5.41) is 13.7. The predicted molar refractivity (Wildman–Crippen MR) is 129 cm³/mol. The van der Waals surface area contributed by atoms with Crippen LogP contribution in [0.25, 0.3) is 0 Å². The summed E-state index contributed by atoms with van der Waals surface area (Å²) in [6, 6.07) is 16.3. The molecule has 1 N–H and O–H groups in total. The first-order valence-corrected chi connectivity index (χ1v) is 12.0. The second-order valence-electron chi connectivity index (χ2n) is 7.95. The van der Waals surface area contributed by atoms with E-state index < -0.39 is 20.9 Å². The minimum atomic E-state index is -3.53. The first kappa shape index (κ1) is 23.9. The van der Waals surface area contributed by atoms with Gasteiger partial charge < -0.3 is 5.32 Å². The summed E-state index contributed by atoms with van der Waals surface area (Å²) < 4.78 is 26.2. The molecule has 0 aliphatic rings. The predicted octanol–water partition coefficient (Wildman–Crippen LogP) is 4.74. The third-order valence-electron chi connectivity index (χ3n) is 5.40. The molecule has 0 saturated heterocycles. The van der Waals surface area contributed by atoms with Gasteiger partial charge in [-0.15, -0.1) is 0 Å². The Bertz CT molecular complexity index is 1320. The molecule has 172 valence electrons. The number of carbonyl (C=O) groups is 1. The van der Waals surface area contributed by atoms with Crippen molar-refractivity contribution in [3.8, 4) is 0 Å². The summed E-state index contributed by atoms with van der Waals surface area (Å²) in [5.41, 5.74) is 4.63. The van der Waals surface area contributed by atoms with Crippen LogP contribution in [0.15, 0.2) is 60.7 Å². The van der Waals surface area contributed by atoms with Crippen molar-refractivity contribution >= 4 is 33.0 Å². The first-order chi connectivity index (χ1) is 15.5. The molecule has 0 unspecified atom stereocenters. The van der Waals surface area contributed by atoms with E-state index in [2.05, 4.69) is 5.32 Å². The molecular weight excluding hydrogens is 442 g/mol. The maximum atomic E-state index is 12.6. The number of aryl methyl sites for hydroxylation is 3. The monoisotopic (exact) mass is 467 g/mol. The molecule has 0 atom stereocenters. The maximum absolute atomic E-state index is 12.6. The van der Waals surface area contributed by atoms with E-state index in [1.807, 2.05) is 26.0 Å². The van der Waals surface area contributed by atoms with Gasteiger partial charge in [0.1, 0.15) is 0 Å². The molecule has 1 amide bonds. The fourth-order valence-corrected chi connectivity index (χ4v) is 4.14. The maximum Gasteiger partial charge on any atom is 0.271 e. The SMILES string of the molecule is Cc1ccc(N(Cc2ccc(C(=O)Nc3cc([N+](=O)[O-])ccc3C)cc2)S(C)(=O)=O)cc1C. The Morgan fingerprint density at radius 1 is 0.939 bits per heavy atom. The molecule has 0 aliphatic heterocycles. The minimum Gasteiger partial charge on any atom is -0.321 e. The molecule has 0 spiro atoms. The number of amides is 1. The topological polar surface area (TPSA) is 110 Å². The number of nitrogens with zero attached hydrogens (tertiary/aromatic N) is 2. The molecule has 0 radical (unpaired) electrons. The number of benzene rings is 3. The second-order valence-corrected chi connectivity index (χ2v) is 9.85. The highest BCUT2D eigenvalue weighted by Crippen LogP contribution is 2.25. The fourth-order valence-electron chi connectivity index (χ4n) is 3.26. The van der Waals surface area contributed by atoms with Crippen molar-refractivity contribution in [2.75, 3.05) is 15.9 Å². The molecule has 9 heteroatoms. The average molecular weight is 468 g/mol. The van der Waals surface area contributed by atoms with E-state index in [4.69, 9.17) is 0 Å². The molecule has 3 aromatic rings. The fraction of sp³-hybridized carbons (Fsp3) is 0.208. The summed E-state index contributed by atoms with van der Waals surface area (Å²) in [6.45, 7) is 5.75. The molecule has 3 rings (SSSR count). The van der Waals surface area contributed by atoms with Crippen LogP contribution in [0.3, 0.4) is 0 Å². The van der Waals surface area contributed by atoms with Gasteiger partial charge in [0.2, 0.25) is 10.0 Å². The minimum absolute atomic E-state index is 0.113. The number of nitro benzene ring substituents is 1. The van der Waals surface area contributed by atoms with Gasteiger partial charge in [-0.2, -0.15) is 0 Å². The molecule has 33 heavy (non-hydrogen) atoms. The quantitative estimate of drug-likeness (QED) is 0.399. The van der Waals surface area contributed by atoms with Gasteiger partial charge in [-0.05, 0) is 67.3 Å². The van der Waals surface area contributed by atoms with Crippen LogP contribution < -0.4 is 9.62 Å². The van der Waals surface area contributed by atoms with Crippen LogP contribution in [0.2, 0.25) is 0 Å². The first-order valence-electron chi connectivity index (χ1n) is 10.2. The summed E-state index contributed by atoms with van der Waals surface area (Å²) in [7, 11) is -3.53. The molecule has 0 bridgehead atoms. The molecule has 0 fully saturated rings. The lowest BCUT2D eigenvalue weighted by Gasteiger charge is -2.23. The van der Waals surface area contributed by atoms with Crippen LogP contribution >= 0.6 is 0 Å². The number of hydrogen-bond donors (Lipinski definition) is 1. The third-order valence-corrected chi connectivity index (χ3v) is 6.54. The Kier molecular flexibility index (Phi) is 6.83. The van der Waals surface area contributed by atoms with E-state index in [0.717, 1.165) is 17.4 Å². The summed E-state index contributed by atoms with van der Waals surface area (Å²) in [4.78, 5) is 23.1. The Balaban J connectivity index is 1.80. The van der Waals surface area contributed by atoms with E-state index in [-0.39, 0.29) is 12.2 Å². The van der Waals surface area contributed by atoms with E-state index in [1.54, 1.807) is 43.3 Å². The van der Waals surface area contributed by atoms with E-state index in [1.165, 1.54) is 16.4 Å². The number of non-ortho nitro benzene ring substituents is 1. The zero-order valence-electron chi connectivity index (χ0n) is 18.8. The van der Waals surface area contributed by atoms with E-state index in [9.17, 15) is 23.3 Å². The molecule has 8 nitrogen and oxygen atoms in total. The number of sulfonamides is 1. The van der Waals surface area contributed by atoms with Crippen molar-refractivity contribution in [2.45, 2.75) is 27.3 Å². The molecule has 3 aromatic carbocycles. The van der Waals surface area contributed by atoms with Crippen LogP contribution in [0.1, 0.15) is 32.6 Å². The van der Waals surface area contributed by atoms with Gasteiger partial charge in [-0.3, -0.25) is 19.2 Å². The Hall–Kier alpha value is -3.72.